The predicted molar refractivity (Wildman–Crippen MR) is 84.7 cm³/mol. The number of amides is 1. The van der Waals surface area contributed by atoms with Gasteiger partial charge in [-0.15, -0.1) is 0 Å². The lowest BCUT2D eigenvalue weighted by Crippen LogP contribution is -2.52. The molecule has 1 aliphatic rings. The van der Waals surface area contributed by atoms with Crippen LogP contribution in [0.4, 0.5) is 0 Å². The molecule has 0 bridgehead atoms. The third-order valence-electron chi connectivity index (χ3n) is 4.33. The van der Waals surface area contributed by atoms with E-state index < -0.39 is 0 Å². The molecular formula is C16H33N3O. The van der Waals surface area contributed by atoms with Crippen molar-refractivity contribution in [3.63, 3.8) is 0 Å². The van der Waals surface area contributed by atoms with E-state index in [1.807, 2.05) is 6.92 Å². The molecule has 0 radical (unpaired) electrons. The average Bonchev–Trinajstić information content (AvgIpc) is 2.44. The minimum atomic E-state index is -0.00891. The van der Waals surface area contributed by atoms with Crippen molar-refractivity contribution in [3.8, 4) is 0 Å². The minimum absolute atomic E-state index is 0.00891. The molecule has 4 heteroatoms. The Labute approximate surface area is 124 Å². The van der Waals surface area contributed by atoms with Crippen molar-refractivity contribution in [3.05, 3.63) is 0 Å². The number of rotatable bonds is 7. The standard InChI is InChI=1S/C16H33N3O/c1-6-17-13(4)15-8-7-9-19(11-15)14(5)16(20)18-10-12(2)3/h12-15,17H,6-11H2,1-5H3,(H,18,20). The molecular weight excluding hydrogens is 250 g/mol. The highest BCUT2D eigenvalue weighted by molar-refractivity contribution is 5.81. The number of nitrogens with one attached hydrogen (secondary N) is 2. The zero-order chi connectivity index (χ0) is 15.1. The lowest BCUT2D eigenvalue weighted by atomic mass is 9.90. The molecule has 0 saturated carbocycles. The maximum atomic E-state index is 12.2. The number of hydrogen-bond donors (Lipinski definition) is 2. The summed E-state index contributed by atoms with van der Waals surface area (Å²) in [4.78, 5) is 14.5. The van der Waals surface area contributed by atoms with Crippen molar-refractivity contribution < 1.29 is 4.79 Å². The summed E-state index contributed by atoms with van der Waals surface area (Å²) >= 11 is 0. The van der Waals surface area contributed by atoms with Crippen LogP contribution in [0.25, 0.3) is 0 Å². The van der Waals surface area contributed by atoms with Crippen LogP contribution < -0.4 is 10.6 Å². The maximum absolute atomic E-state index is 12.2. The number of nitrogens with zero attached hydrogens (tertiary/aromatic N) is 1. The number of piperidine rings is 1. The van der Waals surface area contributed by atoms with Crippen molar-refractivity contribution in [1.82, 2.24) is 15.5 Å². The zero-order valence-electron chi connectivity index (χ0n) is 13.9. The molecule has 0 aromatic carbocycles. The topological polar surface area (TPSA) is 44.4 Å². The summed E-state index contributed by atoms with van der Waals surface area (Å²) in [7, 11) is 0. The van der Waals surface area contributed by atoms with Crippen LogP contribution in [-0.4, -0.2) is 49.1 Å². The van der Waals surface area contributed by atoms with Crippen LogP contribution in [-0.2, 0) is 4.79 Å². The Morgan fingerprint density at radius 1 is 1.30 bits per heavy atom. The molecule has 118 valence electrons. The fraction of sp³-hybridized carbons (Fsp3) is 0.938. The molecule has 3 unspecified atom stereocenters. The van der Waals surface area contributed by atoms with E-state index in [0.29, 0.717) is 17.9 Å². The van der Waals surface area contributed by atoms with E-state index >= 15 is 0 Å². The minimum Gasteiger partial charge on any atom is -0.354 e. The van der Waals surface area contributed by atoms with Gasteiger partial charge in [0.1, 0.15) is 0 Å². The van der Waals surface area contributed by atoms with E-state index in [0.717, 1.165) is 26.2 Å². The Morgan fingerprint density at radius 2 is 2.00 bits per heavy atom. The highest BCUT2D eigenvalue weighted by Gasteiger charge is 2.29. The van der Waals surface area contributed by atoms with Crippen molar-refractivity contribution >= 4 is 5.91 Å². The largest absolute Gasteiger partial charge is 0.354 e. The molecule has 1 aliphatic heterocycles. The number of likely N-dealkylation sites (tertiary alicyclic amines) is 1. The van der Waals surface area contributed by atoms with Gasteiger partial charge in [0.2, 0.25) is 5.91 Å². The van der Waals surface area contributed by atoms with Crippen LogP contribution in [0, 0.1) is 11.8 Å². The Hall–Kier alpha value is -0.610. The third-order valence-corrected chi connectivity index (χ3v) is 4.33. The summed E-state index contributed by atoms with van der Waals surface area (Å²) in [5.74, 6) is 1.34. The monoisotopic (exact) mass is 283 g/mol. The fourth-order valence-electron chi connectivity index (χ4n) is 2.91. The molecule has 20 heavy (non-hydrogen) atoms. The molecule has 0 aromatic rings. The van der Waals surface area contributed by atoms with Gasteiger partial charge in [-0.25, -0.2) is 0 Å². The molecule has 1 fully saturated rings. The van der Waals surface area contributed by atoms with Gasteiger partial charge in [0.15, 0.2) is 0 Å². The Morgan fingerprint density at radius 3 is 2.60 bits per heavy atom. The summed E-state index contributed by atoms with van der Waals surface area (Å²) in [5.41, 5.74) is 0. The van der Waals surface area contributed by atoms with Crippen molar-refractivity contribution in [2.75, 3.05) is 26.2 Å². The average molecular weight is 283 g/mol. The van der Waals surface area contributed by atoms with Crippen molar-refractivity contribution in [1.29, 1.82) is 0 Å². The zero-order valence-corrected chi connectivity index (χ0v) is 13.9. The van der Waals surface area contributed by atoms with Crippen LogP contribution in [0.5, 0.6) is 0 Å². The Kier molecular flexibility index (Phi) is 7.52. The first kappa shape index (κ1) is 17.4. The molecule has 4 nitrogen and oxygen atoms in total. The van der Waals surface area contributed by atoms with Crippen LogP contribution in [0.2, 0.25) is 0 Å². The Balaban J connectivity index is 2.47. The van der Waals surface area contributed by atoms with E-state index in [4.69, 9.17) is 0 Å². The summed E-state index contributed by atoms with van der Waals surface area (Å²) in [6.45, 7) is 14.6. The van der Waals surface area contributed by atoms with E-state index in [1.54, 1.807) is 0 Å². The van der Waals surface area contributed by atoms with Gasteiger partial charge in [-0.1, -0.05) is 20.8 Å². The SMILES string of the molecule is CCNC(C)C1CCCN(C(C)C(=O)NCC(C)C)C1. The normalized spacial score (nSPS) is 23.6. The summed E-state index contributed by atoms with van der Waals surface area (Å²) in [6, 6.07) is 0.527. The first-order valence-corrected chi connectivity index (χ1v) is 8.20. The van der Waals surface area contributed by atoms with Crippen LogP contribution in [0.3, 0.4) is 0 Å². The quantitative estimate of drug-likeness (QED) is 0.749. The smallest absolute Gasteiger partial charge is 0.237 e. The van der Waals surface area contributed by atoms with E-state index in [2.05, 4.69) is 43.2 Å². The van der Waals surface area contributed by atoms with Gasteiger partial charge in [-0.05, 0) is 51.6 Å². The van der Waals surface area contributed by atoms with Crippen molar-refractivity contribution in [2.45, 2.75) is 59.5 Å². The van der Waals surface area contributed by atoms with Gasteiger partial charge >= 0.3 is 0 Å². The predicted octanol–water partition coefficient (Wildman–Crippen LogP) is 1.86. The number of carbonyl (C=O) groups is 1. The van der Waals surface area contributed by atoms with Gasteiger partial charge in [0.25, 0.3) is 0 Å². The molecule has 1 amide bonds. The second-order valence-corrected chi connectivity index (χ2v) is 6.56. The second kappa shape index (κ2) is 8.63. The number of carbonyl (C=O) groups excluding carboxylic acids is 1. The van der Waals surface area contributed by atoms with Crippen LogP contribution >= 0.6 is 0 Å². The van der Waals surface area contributed by atoms with Gasteiger partial charge in [-0.3, -0.25) is 9.69 Å². The van der Waals surface area contributed by atoms with Crippen molar-refractivity contribution in [2.24, 2.45) is 11.8 Å². The molecule has 1 saturated heterocycles. The summed E-state index contributed by atoms with van der Waals surface area (Å²) < 4.78 is 0. The molecule has 1 heterocycles. The fourth-order valence-corrected chi connectivity index (χ4v) is 2.91. The molecule has 2 N–H and O–H groups in total. The van der Waals surface area contributed by atoms with Gasteiger partial charge in [0, 0.05) is 19.1 Å². The van der Waals surface area contributed by atoms with E-state index in [-0.39, 0.29) is 11.9 Å². The molecule has 1 rings (SSSR count). The molecule has 0 aliphatic carbocycles. The van der Waals surface area contributed by atoms with E-state index in [9.17, 15) is 4.79 Å². The third kappa shape index (κ3) is 5.41. The lowest BCUT2D eigenvalue weighted by molar-refractivity contribution is -0.126. The summed E-state index contributed by atoms with van der Waals surface area (Å²) in [6.07, 6.45) is 2.47. The highest BCUT2D eigenvalue weighted by Crippen LogP contribution is 2.21. The van der Waals surface area contributed by atoms with E-state index in [1.165, 1.54) is 12.8 Å². The summed E-state index contributed by atoms with van der Waals surface area (Å²) in [5, 5.41) is 6.57. The Bertz CT molecular complexity index is 293. The second-order valence-electron chi connectivity index (χ2n) is 6.56. The number of hydrogen-bond acceptors (Lipinski definition) is 3. The van der Waals surface area contributed by atoms with Crippen LogP contribution in [0.15, 0.2) is 0 Å². The molecule has 3 atom stereocenters. The molecule has 0 aromatic heterocycles. The first-order chi connectivity index (χ1) is 9.45. The van der Waals surface area contributed by atoms with Crippen LogP contribution in [0.1, 0.15) is 47.5 Å². The molecule has 0 spiro atoms. The highest BCUT2D eigenvalue weighted by atomic mass is 16.2. The lowest BCUT2D eigenvalue weighted by Gasteiger charge is -2.38. The first-order valence-electron chi connectivity index (χ1n) is 8.20. The maximum Gasteiger partial charge on any atom is 0.237 e. The van der Waals surface area contributed by atoms with Gasteiger partial charge in [0.05, 0.1) is 6.04 Å². The van der Waals surface area contributed by atoms with Gasteiger partial charge < -0.3 is 10.6 Å². The van der Waals surface area contributed by atoms with Gasteiger partial charge in [-0.2, -0.15) is 0 Å².